The molecule has 1 saturated heterocycles. The van der Waals surface area contributed by atoms with Gasteiger partial charge in [-0.3, -0.25) is 14.7 Å². The van der Waals surface area contributed by atoms with Crippen molar-refractivity contribution >= 4 is 34.5 Å². The van der Waals surface area contributed by atoms with Crippen molar-refractivity contribution in [3.8, 4) is 11.5 Å². The molecule has 0 atom stereocenters. The summed E-state index contributed by atoms with van der Waals surface area (Å²) in [7, 11) is 2.13. The number of anilines is 2. The van der Waals surface area contributed by atoms with Gasteiger partial charge in [-0.1, -0.05) is 6.07 Å². The van der Waals surface area contributed by atoms with Crippen molar-refractivity contribution in [2.24, 2.45) is 0 Å². The van der Waals surface area contributed by atoms with Gasteiger partial charge in [-0.15, -0.1) is 11.3 Å². The maximum Gasteiger partial charge on any atom is 0.322 e. The van der Waals surface area contributed by atoms with Crippen LogP contribution in [0.5, 0.6) is 11.5 Å². The molecule has 5 rings (SSSR count). The van der Waals surface area contributed by atoms with Gasteiger partial charge in [0.1, 0.15) is 18.9 Å². The largest absolute Gasteiger partial charge is 0.486 e. The third kappa shape index (κ3) is 7.05. The van der Waals surface area contributed by atoms with E-state index in [0.29, 0.717) is 54.9 Å². The van der Waals surface area contributed by atoms with Gasteiger partial charge in [-0.2, -0.15) is 0 Å². The first-order chi connectivity index (χ1) is 18.9. The lowest BCUT2D eigenvalue weighted by molar-refractivity contribution is 0.0988. The summed E-state index contributed by atoms with van der Waals surface area (Å²) >= 11 is 1.48. The number of ether oxygens (including phenoxy) is 2. The number of aromatic nitrogens is 1. The normalized spacial score (nSPS) is 15.6. The Kier molecular flexibility index (Phi) is 8.60. The number of fused-ring (bicyclic) bond motifs is 1. The molecule has 10 nitrogen and oxygen atoms in total. The first-order valence-corrected chi connectivity index (χ1v) is 14.0. The van der Waals surface area contributed by atoms with E-state index in [9.17, 15) is 9.59 Å². The molecule has 2 aliphatic heterocycles. The summed E-state index contributed by atoms with van der Waals surface area (Å²) in [6.45, 7) is 6.66. The number of nitrogens with two attached hydrogens (primary N) is 1. The summed E-state index contributed by atoms with van der Waals surface area (Å²) < 4.78 is 11.3. The molecule has 3 aromatic rings. The second-order valence-electron chi connectivity index (χ2n) is 9.86. The number of nitrogens with one attached hydrogen (secondary N) is 1. The summed E-state index contributed by atoms with van der Waals surface area (Å²) in [5, 5.41) is 6.72. The third-order valence-electron chi connectivity index (χ3n) is 6.97. The van der Waals surface area contributed by atoms with Crippen LogP contribution in [-0.2, 0) is 13.0 Å². The number of Topliss-reactive ketones (excluding diaryl/α,β-unsaturated/α-hetero) is 1. The van der Waals surface area contributed by atoms with E-state index in [0.717, 1.165) is 43.9 Å². The Bertz CT molecular complexity index is 1290. The molecule has 3 N–H and O–H groups in total. The molecule has 2 aliphatic rings. The number of hydrogen-bond acceptors (Lipinski definition) is 9. The van der Waals surface area contributed by atoms with E-state index in [1.807, 2.05) is 29.0 Å². The maximum atomic E-state index is 13.4. The molecule has 0 aliphatic carbocycles. The van der Waals surface area contributed by atoms with Gasteiger partial charge in [-0.05, 0) is 41.8 Å². The molecule has 0 unspecified atom stereocenters. The van der Waals surface area contributed by atoms with Crippen LogP contribution in [0.2, 0.25) is 0 Å². The minimum atomic E-state index is -0.214. The number of carbonyl (C=O) groups is 2. The van der Waals surface area contributed by atoms with Crippen LogP contribution in [0.15, 0.2) is 47.3 Å². The Morgan fingerprint density at radius 3 is 2.59 bits per heavy atom. The molecule has 0 saturated carbocycles. The van der Waals surface area contributed by atoms with E-state index >= 15 is 0 Å². The van der Waals surface area contributed by atoms with Gasteiger partial charge in [0.05, 0.1) is 0 Å². The predicted octanol–water partition coefficient (Wildman–Crippen LogP) is 3.20. The molecule has 2 amide bonds. The lowest BCUT2D eigenvalue weighted by Gasteiger charge is -2.34. The van der Waals surface area contributed by atoms with E-state index in [2.05, 4.69) is 27.1 Å². The van der Waals surface area contributed by atoms with Gasteiger partial charge in [0.15, 0.2) is 17.3 Å². The smallest absolute Gasteiger partial charge is 0.322 e. The number of nitrogens with zero attached hydrogens (tertiary/aromatic N) is 4. The van der Waals surface area contributed by atoms with Gasteiger partial charge >= 0.3 is 6.03 Å². The van der Waals surface area contributed by atoms with Crippen LogP contribution in [-0.4, -0.2) is 91.0 Å². The van der Waals surface area contributed by atoms with Crippen LogP contribution in [0.4, 0.5) is 16.2 Å². The number of rotatable bonds is 9. The number of urea groups is 1. The number of piperazine rings is 1. The van der Waals surface area contributed by atoms with Crippen molar-refractivity contribution in [1.82, 2.24) is 19.7 Å². The summed E-state index contributed by atoms with van der Waals surface area (Å²) in [5.74, 6) is 1.21. The average molecular weight is 551 g/mol. The zero-order chi connectivity index (χ0) is 27.2. The molecular weight excluding hydrogens is 516 g/mol. The standard InChI is InChI=1S/C28H34N6O4S/c1-32-6-8-33(9-7-32)10-11-34(28(36)31-22-3-5-26-27(15-22)38-13-12-37-26)17-20-2-4-24(30-16-20)25(35)14-21-18-39-19-23(21)29/h2-5,15-16,18-19H,6-14,17,29H2,1H3,(H,31,36). The van der Waals surface area contributed by atoms with Crippen molar-refractivity contribution in [3.05, 3.63) is 64.1 Å². The first-order valence-electron chi connectivity index (χ1n) is 13.1. The highest BCUT2D eigenvalue weighted by Gasteiger charge is 2.20. The summed E-state index contributed by atoms with van der Waals surface area (Å²) in [5.41, 5.74) is 9.25. The van der Waals surface area contributed by atoms with Crippen molar-refractivity contribution in [2.75, 3.05) is 70.6 Å². The lowest BCUT2D eigenvalue weighted by Crippen LogP contribution is -2.48. The van der Waals surface area contributed by atoms with Gasteiger partial charge < -0.3 is 30.3 Å². The highest BCUT2D eigenvalue weighted by molar-refractivity contribution is 7.08. The van der Waals surface area contributed by atoms with E-state index in [-0.39, 0.29) is 18.2 Å². The number of benzene rings is 1. The molecule has 2 aromatic heterocycles. The Hall–Kier alpha value is -3.67. The zero-order valence-corrected chi connectivity index (χ0v) is 22.9. The molecule has 1 fully saturated rings. The maximum absolute atomic E-state index is 13.4. The predicted molar refractivity (Wildman–Crippen MR) is 152 cm³/mol. The Morgan fingerprint density at radius 1 is 1.08 bits per heavy atom. The SMILES string of the molecule is CN1CCN(CCN(Cc2ccc(C(=O)Cc3cscc3N)nc2)C(=O)Nc2ccc3c(c2)OCCO3)CC1. The molecule has 39 heavy (non-hydrogen) atoms. The average Bonchev–Trinajstić information content (AvgIpc) is 3.36. The minimum absolute atomic E-state index is 0.0880. The second kappa shape index (κ2) is 12.5. The zero-order valence-electron chi connectivity index (χ0n) is 22.1. The topological polar surface area (TPSA) is 113 Å². The summed E-state index contributed by atoms with van der Waals surface area (Å²) in [6, 6.07) is 8.77. The van der Waals surface area contributed by atoms with Gasteiger partial charge in [0.2, 0.25) is 0 Å². The number of amides is 2. The number of thiophene rings is 1. The van der Waals surface area contributed by atoms with Crippen LogP contribution in [0, 0.1) is 0 Å². The monoisotopic (exact) mass is 550 g/mol. The fraction of sp³-hybridized carbons (Fsp3) is 0.393. The molecule has 0 spiro atoms. The highest BCUT2D eigenvalue weighted by atomic mass is 32.1. The number of pyridine rings is 1. The number of nitrogen functional groups attached to an aromatic ring is 1. The van der Waals surface area contributed by atoms with Crippen molar-refractivity contribution in [2.45, 2.75) is 13.0 Å². The number of ketones is 1. The van der Waals surface area contributed by atoms with Gasteiger partial charge in [0.25, 0.3) is 0 Å². The number of likely N-dealkylation sites (N-methyl/N-ethyl adjacent to an activating group) is 1. The quantitative estimate of drug-likeness (QED) is 0.391. The van der Waals surface area contributed by atoms with Gasteiger partial charge in [-0.25, -0.2) is 4.79 Å². The number of carbonyl (C=O) groups excluding carboxylic acids is 2. The molecule has 0 radical (unpaired) electrons. The minimum Gasteiger partial charge on any atom is -0.486 e. The molecule has 1 aromatic carbocycles. The van der Waals surface area contributed by atoms with Crippen LogP contribution >= 0.6 is 11.3 Å². The highest BCUT2D eigenvalue weighted by Crippen LogP contribution is 2.32. The fourth-order valence-corrected chi connectivity index (χ4v) is 5.30. The first kappa shape index (κ1) is 26.9. The Balaban J connectivity index is 1.25. The second-order valence-corrected chi connectivity index (χ2v) is 10.6. The van der Waals surface area contributed by atoms with Gasteiger partial charge in [0, 0.05) is 81.3 Å². The Labute approximate surface area is 232 Å². The van der Waals surface area contributed by atoms with E-state index in [1.165, 1.54) is 11.3 Å². The van der Waals surface area contributed by atoms with Crippen LogP contribution in [0.3, 0.4) is 0 Å². The summed E-state index contributed by atoms with van der Waals surface area (Å²) in [6.07, 6.45) is 1.89. The van der Waals surface area contributed by atoms with E-state index in [4.69, 9.17) is 15.2 Å². The Morgan fingerprint density at radius 2 is 1.87 bits per heavy atom. The molecule has 11 heteroatoms. The third-order valence-corrected chi connectivity index (χ3v) is 7.78. The molecular formula is C28H34N6O4S. The van der Waals surface area contributed by atoms with Crippen molar-refractivity contribution in [1.29, 1.82) is 0 Å². The van der Waals surface area contributed by atoms with Crippen LogP contribution < -0.4 is 20.5 Å². The van der Waals surface area contributed by atoms with Crippen molar-refractivity contribution in [3.63, 3.8) is 0 Å². The molecule has 206 valence electrons. The molecule has 0 bridgehead atoms. The summed E-state index contributed by atoms with van der Waals surface area (Å²) in [4.78, 5) is 37.0. The lowest BCUT2D eigenvalue weighted by atomic mass is 10.1. The van der Waals surface area contributed by atoms with Crippen molar-refractivity contribution < 1.29 is 19.1 Å². The van der Waals surface area contributed by atoms with Crippen LogP contribution in [0.1, 0.15) is 21.6 Å². The van der Waals surface area contributed by atoms with E-state index in [1.54, 1.807) is 23.2 Å². The van der Waals surface area contributed by atoms with E-state index < -0.39 is 0 Å². The van der Waals surface area contributed by atoms with Crippen LogP contribution in [0.25, 0.3) is 0 Å². The number of hydrogen-bond donors (Lipinski definition) is 2. The fourth-order valence-electron chi connectivity index (χ4n) is 4.55. The molecule has 4 heterocycles.